The van der Waals surface area contributed by atoms with Crippen LogP contribution in [0.3, 0.4) is 0 Å². The second-order valence-corrected chi connectivity index (χ2v) is 7.88. The molecule has 0 aliphatic rings. The summed E-state index contributed by atoms with van der Waals surface area (Å²) in [5.41, 5.74) is 6.50. The number of rotatable bonds is 7. The van der Waals surface area contributed by atoms with Gasteiger partial charge in [0.1, 0.15) is 0 Å². The summed E-state index contributed by atoms with van der Waals surface area (Å²) >= 11 is 0. The number of alkyl halides is 3. The number of amides is 1. The van der Waals surface area contributed by atoms with Crippen LogP contribution in [0, 0.1) is 0 Å². The van der Waals surface area contributed by atoms with E-state index in [-0.39, 0.29) is 5.56 Å². The quantitative estimate of drug-likeness (QED) is 0.574. The minimum Gasteiger partial charge on any atom is -0.374 e. The summed E-state index contributed by atoms with van der Waals surface area (Å²) in [4.78, 5) is 16.4. The van der Waals surface area contributed by atoms with Crippen LogP contribution in [0.1, 0.15) is 22.3 Å². The Hall–Kier alpha value is -3.06. The SMILES string of the molecule is CN(C)CCCN(C)c1ccc(C(F)(F)F)cc1-c1ccc2ccccc2c1C(N)=O. The van der Waals surface area contributed by atoms with Gasteiger partial charge in [-0.2, -0.15) is 13.2 Å². The Bertz CT molecular complexity index is 1090. The molecule has 3 aromatic carbocycles. The Morgan fingerprint density at radius 2 is 1.65 bits per heavy atom. The zero-order valence-electron chi connectivity index (χ0n) is 17.8. The van der Waals surface area contributed by atoms with Gasteiger partial charge in [-0.25, -0.2) is 0 Å². The number of fused-ring (bicyclic) bond motifs is 1. The average Bonchev–Trinajstić information content (AvgIpc) is 2.71. The molecule has 0 saturated carbocycles. The molecular formula is C24H26F3N3O. The van der Waals surface area contributed by atoms with E-state index in [9.17, 15) is 18.0 Å². The predicted octanol–water partition coefficient (Wildman–Crippen LogP) is 5.01. The molecule has 2 N–H and O–H groups in total. The van der Waals surface area contributed by atoms with Gasteiger partial charge < -0.3 is 15.5 Å². The number of primary amides is 1. The molecule has 4 nitrogen and oxygen atoms in total. The molecule has 0 aliphatic carbocycles. The van der Waals surface area contributed by atoms with E-state index < -0.39 is 17.6 Å². The van der Waals surface area contributed by atoms with E-state index in [1.165, 1.54) is 6.07 Å². The third kappa shape index (κ3) is 4.99. The van der Waals surface area contributed by atoms with Crippen LogP contribution >= 0.6 is 0 Å². The minimum absolute atomic E-state index is 0.223. The van der Waals surface area contributed by atoms with Crippen LogP contribution < -0.4 is 10.6 Å². The van der Waals surface area contributed by atoms with Gasteiger partial charge in [0.25, 0.3) is 0 Å². The fraction of sp³-hybridized carbons (Fsp3) is 0.292. The molecular weight excluding hydrogens is 403 g/mol. The molecule has 164 valence electrons. The fourth-order valence-electron chi connectivity index (χ4n) is 3.77. The van der Waals surface area contributed by atoms with Gasteiger partial charge in [0.15, 0.2) is 0 Å². The molecule has 0 heterocycles. The number of nitrogens with two attached hydrogens (primary N) is 1. The van der Waals surface area contributed by atoms with E-state index in [1.807, 2.05) is 38.2 Å². The van der Waals surface area contributed by atoms with Gasteiger partial charge in [0.2, 0.25) is 5.91 Å². The Morgan fingerprint density at radius 3 is 2.29 bits per heavy atom. The molecule has 0 saturated heterocycles. The lowest BCUT2D eigenvalue weighted by Crippen LogP contribution is -2.24. The fourth-order valence-corrected chi connectivity index (χ4v) is 3.77. The molecule has 7 heteroatoms. The molecule has 3 aromatic rings. The van der Waals surface area contributed by atoms with Crippen molar-refractivity contribution in [3.8, 4) is 11.1 Å². The maximum Gasteiger partial charge on any atom is 0.416 e. The lowest BCUT2D eigenvalue weighted by Gasteiger charge is -2.25. The monoisotopic (exact) mass is 429 g/mol. The number of benzene rings is 3. The van der Waals surface area contributed by atoms with Crippen LogP contribution in [0.25, 0.3) is 21.9 Å². The Balaban J connectivity index is 2.20. The number of hydrogen-bond acceptors (Lipinski definition) is 3. The van der Waals surface area contributed by atoms with Gasteiger partial charge in [-0.1, -0.05) is 36.4 Å². The van der Waals surface area contributed by atoms with Crippen LogP contribution in [0.15, 0.2) is 54.6 Å². The average molecular weight is 429 g/mol. The number of carbonyl (C=O) groups excluding carboxylic acids is 1. The second-order valence-electron chi connectivity index (χ2n) is 7.88. The molecule has 0 spiro atoms. The van der Waals surface area contributed by atoms with Crippen molar-refractivity contribution >= 4 is 22.4 Å². The van der Waals surface area contributed by atoms with E-state index in [0.717, 1.165) is 30.5 Å². The van der Waals surface area contributed by atoms with Gasteiger partial charge in [0, 0.05) is 24.8 Å². The summed E-state index contributed by atoms with van der Waals surface area (Å²) < 4.78 is 40.5. The maximum atomic E-state index is 13.5. The first-order valence-electron chi connectivity index (χ1n) is 9.98. The highest BCUT2D eigenvalue weighted by atomic mass is 19.4. The van der Waals surface area contributed by atoms with Crippen LogP contribution in [0.2, 0.25) is 0 Å². The topological polar surface area (TPSA) is 49.6 Å². The Morgan fingerprint density at radius 1 is 0.935 bits per heavy atom. The molecule has 31 heavy (non-hydrogen) atoms. The van der Waals surface area contributed by atoms with E-state index in [0.29, 0.717) is 28.7 Å². The van der Waals surface area contributed by atoms with Gasteiger partial charge in [-0.05, 0) is 61.6 Å². The molecule has 0 fully saturated rings. The predicted molar refractivity (Wildman–Crippen MR) is 119 cm³/mol. The zero-order chi connectivity index (χ0) is 22.8. The van der Waals surface area contributed by atoms with E-state index in [4.69, 9.17) is 5.73 Å². The van der Waals surface area contributed by atoms with Gasteiger partial charge >= 0.3 is 6.18 Å². The van der Waals surface area contributed by atoms with E-state index in [2.05, 4.69) is 4.90 Å². The summed E-state index contributed by atoms with van der Waals surface area (Å²) in [6.07, 6.45) is -3.66. The van der Waals surface area contributed by atoms with Crippen LogP contribution in [0.5, 0.6) is 0 Å². The van der Waals surface area contributed by atoms with Crippen LogP contribution in [0.4, 0.5) is 18.9 Å². The van der Waals surface area contributed by atoms with Crippen molar-refractivity contribution in [1.29, 1.82) is 0 Å². The Labute approximate surface area is 180 Å². The number of nitrogens with zero attached hydrogens (tertiary/aromatic N) is 2. The first-order valence-corrected chi connectivity index (χ1v) is 9.98. The van der Waals surface area contributed by atoms with Crippen molar-refractivity contribution in [2.24, 2.45) is 5.73 Å². The second kappa shape index (κ2) is 8.98. The third-order valence-electron chi connectivity index (χ3n) is 5.30. The summed E-state index contributed by atoms with van der Waals surface area (Å²) in [6, 6.07) is 14.3. The summed E-state index contributed by atoms with van der Waals surface area (Å²) in [5.74, 6) is -0.676. The molecule has 1 amide bonds. The normalized spacial score (nSPS) is 11.8. The molecule has 0 aromatic heterocycles. The summed E-state index contributed by atoms with van der Waals surface area (Å²) in [6.45, 7) is 1.50. The summed E-state index contributed by atoms with van der Waals surface area (Å²) in [7, 11) is 5.78. The zero-order valence-corrected chi connectivity index (χ0v) is 17.8. The molecule has 0 atom stereocenters. The first-order chi connectivity index (χ1) is 14.6. The van der Waals surface area contributed by atoms with E-state index in [1.54, 1.807) is 24.3 Å². The molecule has 0 unspecified atom stereocenters. The van der Waals surface area contributed by atoms with Gasteiger partial charge in [0.05, 0.1) is 11.1 Å². The van der Waals surface area contributed by atoms with Gasteiger partial charge in [-0.15, -0.1) is 0 Å². The van der Waals surface area contributed by atoms with Crippen molar-refractivity contribution in [2.45, 2.75) is 12.6 Å². The van der Waals surface area contributed by atoms with Crippen molar-refractivity contribution in [3.05, 3.63) is 65.7 Å². The number of carbonyl (C=O) groups is 1. The van der Waals surface area contributed by atoms with Crippen molar-refractivity contribution in [2.75, 3.05) is 39.1 Å². The number of anilines is 1. The van der Waals surface area contributed by atoms with Crippen molar-refractivity contribution in [3.63, 3.8) is 0 Å². The lowest BCUT2D eigenvalue weighted by atomic mass is 9.91. The summed E-state index contributed by atoms with van der Waals surface area (Å²) in [5, 5.41) is 1.42. The van der Waals surface area contributed by atoms with Crippen molar-refractivity contribution in [1.82, 2.24) is 4.90 Å². The largest absolute Gasteiger partial charge is 0.416 e. The molecule has 0 aliphatic heterocycles. The molecule has 0 radical (unpaired) electrons. The lowest BCUT2D eigenvalue weighted by molar-refractivity contribution is -0.137. The molecule has 3 rings (SSSR count). The standard InChI is InChI=1S/C24H26F3N3O/c1-29(2)13-6-14-30(3)21-12-10-17(24(25,26)27)15-20(21)19-11-9-16-7-4-5-8-18(16)22(19)23(28)31/h4-5,7-12,15H,6,13-14H2,1-3H3,(H2,28,31). The maximum absolute atomic E-state index is 13.5. The Kier molecular flexibility index (Phi) is 6.55. The van der Waals surface area contributed by atoms with Crippen molar-refractivity contribution < 1.29 is 18.0 Å². The highest BCUT2D eigenvalue weighted by molar-refractivity contribution is 6.12. The number of halogens is 3. The highest BCUT2D eigenvalue weighted by Gasteiger charge is 2.32. The van der Waals surface area contributed by atoms with Crippen LogP contribution in [-0.4, -0.2) is 45.0 Å². The van der Waals surface area contributed by atoms with Gasteiger partial charge in [-0.3, -0.25) is 4.79 Å². The van der Waals surface area contributed by atoms with E-state index >= 15 is 0 Å². The third-order valence-corrected chi connectivity index (χ3v) is 5.30. The van der Waals surface area contributed by atoms with Crippen LogP contribution in [-0.2, 0) is 6.18 Å². The first kappa shape index (κ1) is 22.6. The minimum atomic E-state index is -4.50. The highest BCUT2D eigenvalue weighted by Crippen LogP contribution is 2.40. The number of hydrogen-bond donors (Lipinski definition) is 1. The smallest absolute Gasteiger partial charge is 0.374 e. The molecule has 0 bridgehead atoms.